The molecule has 0 N–H and O–H groups in total. The second kappa shape index (κ2) is 4.40. The SMILES string of the molecule is COC1CCN(C(=O)c2cccnc2)C1. The summed E-state index contributed by atoms with van der Waals surface area (Å²) in [4.78, 5) is 17.7. The third-order valence-corrected chi connectivity index (χ3v) is 2.67. The summed E-state index contributed by atoms with van der Waals surface area (Å²) < 4.78 is 5.22. The van der Waals surface area contributed by atoms with Gasteiger partial charge in [-0.25, -0.2) is 0 Å². The minimum atomic E-state index is 0.0441. The van der Waals surface area contributed by atoms with Crippen molar-refractivity contribution in [3.63, 3.8) is 0 Å². The predicted molar refractivity (Wildman–Crippen MR) is 55.6 cm³/mol. The molecule has 1 aliphatic rings. The normalized spacial score (nSPS) is 20.6. The van der Waals surface area contributed by atoms with Crippen molar-refractivity contribution in [3.05, 3.63) is 30.1 Å². The van der Waals surface area contributed by atoms with Crippen molar-refractivity contribution >= 4 is 5.91 Å². The summed E-state index contributed by atoms with van der Waals surface area (Å²) in [5.41, 5.74) is 0.647. The van der Waals surface area contributed by atoms with E-state index in [0.717, 1.165) is 13.0 Å². The zero-order chi connectivity index (χ0) is 10.7. The number of hydrogen-bond donors (Lipinski definition) is 0. The fourth-order valence-corrected chi connectivity index (χ4v) is 1.78. The van der Waals surface area contributed by atoms with Gasteiger partial charge in [-0.2, -0.15) is 0 Å². The average Bonchev–Trinajstić information content (AvgIpc) is 2.78. The number of aromatic nitrogens is 1. The zero-order valence-corrected chi connectivity index (χ0v) is 8.72. The maximum Gasteiger partial charge on any atom is 0.255 e. The van der Waals surface area contributed by atoms with Crippen LogP contribution in [0, 0.1) is 0 Å². The van der Waals surface area contributed by atoms with E-state index in [9.17, 15) is 4.79 Å². The molecule has 1 aromatic heterocycles. The van der Waals surface area contributed by atoms with Crippen LogP contribution in [0.25, 0.3) is 0 Å². The number of pyridine rings is 1. The van der Waals surface area contributed by atoms with Crippen LogP contribution in [0.5, 0.6) is 0 Å². The molecule has 0 aromatic carbocycles. The van der Waals surface area contributed by atoms with Gasteiger partial charge in [0, 0.05) is 32.6 Å². The number of ether oxygens (including phenoxy) is 1. The molecule has 0 aliphatic carbocycles. The highest BCUT2D eigenvalue weighted by molar-refractivity contribution is 5.94. The van der Waals surface area contributed by atoms with Crippen LogP contribution in [-0.4, -0.2) is 42.1 Å². The molecule has 1 atom stereocenters. The molecule has 2 rings (SSSR count). The Labute approximate surface area is 88.9 Å². The number of carbonyl (C=O) groups excluding carboxylic acids is 1. The van der Waals surface area contributed by atoms with Crippen LogP contribution in [0.1, 0.15) is 16.8 Å². The smallest absolute Gasteiger partial charge is 0.255 e. The van der Waals surface area contributed by atoms with Crippen LogP contribution in [0.15, 0.2) is 24.5 Å². The quantitative estimate of drug-likeness (QED) is 0.723. The van der Waals surface area contributed by atoms with E-state index >= 15 is 0 Å². The topological polar surface area (TPSA) is 42.4 Å². The molecule has 0 spiro atoms. The van der Waals surface area contributed by atoms with E-state index in [1.807, 2.05) is 4.90 Å². The molecule has 2 heterocycles. The minimum Gasteiger partial charge on any atom is -0.380 e. The Bertz CT molecular complexity index is 340. The highest BCUT2D eigenvalue weighted by atomic mass is 16.5. The fourth-order valence-electron chi connectivity index (χ4n) is 1.78. The van der Waals surface area contributed by atoms with Crippen LogP contribution < -0.4 is 0 Å². The minimum absolute atomic E-state index is 0.0441. The molecule has 1 aromatic rings. The number of rotatable bonds is 2. The van der Waals surface area contributed by atoms with E-state index in [-0.39, 0.29) is 12.0 Å². The standard InChI is InChI=1S/C11H14N2O2/c1-15-10-4-6-13(8-10)11(14)9-3-2-5-12-7-9/h2-3,5,7,10H,4,6,8H2,1H3. The number of amides is 1. The first kappa shape index (κ1) is 10.1. The molecule has 1 saturated heterocycles. The molecule has 4 heteroatoms. The molecule has 0 saturated carbocycles. The Morgan fingerprint density at radius 3 is 3.13 bits per heavy atom. The van der Waals surface area contributed by atoms with E-state index in [0.29, 0.717) is 12.1 Å². The monoisotopic (exact) mass is 206 g/mol. The third kappa shape index (κ3) is 2.15. The average molecular weight is 206 g/mol. The third-order valence-electron chi connectivity index (χ3n) is 2.67. The lowest BCUT2D eigenvalue weighted by Gasteiger charge is -2.15. The highest BCUT2D eigenvalue weighted by Crippen LogP contribution is 2.14. The maximum absolute atomic E-state index is 11.9. The molecular formula is C11H14N2O2. The molecule has 80 valence electrons. The summed E-state index contributed by atoms with van der Waals surface area (Å²) in [6.07, 6.45) is 4.37. The first-order valence-corrected chi connectivity index (χ1v) is 5.03. The molecule has 1 fully saturated rings. The van der Waals surface area contributed by atoms with Crippen molar-refractivity contribution in [3.8, 4) is 0 Å². The van der Waals surface area contributed by atoms with Gasteiger partial charge >= 0.3 is 0 Å². The summed E-state index contributed by atoms with van der Waals surface area (Å²) >= 11 is 0. The largest absolute Gasteiger partial charge is 0.380 e. The first-order chi connectivity index (χ1) is 7.31. The Morgan fingerprint density at radius 1 is 1.67 bits per heavy atom. The number of hydrogen-bond acceptors (Lipinski definition) is 3. The number of nitrogens with zero attached hydrogens (tertiary/aromatic N) is 2. The molecule has 1 unspecified atom stereocenters. The van der Waals surface area contributed by atoms with Crippen molar-refractivity contribution < 1.29 is 9.53 Å². The van der Waals surface area contributed by atoms with Crippen LogP contribution in [0.2, 0.25) is 0 Å². The second-order valence-corrected chi connectivity index (χ2v) is 3.64. The fraction of sp³-hybridized carbons (Fsp3) is 0.455. The summed E-state index contributed by atoms with van der Waals surface area (Å²) in [5.74, 6) is 0.0441. The van der Waals surface area contributed by atoms with Gasteiger partial charge in [0.2, 0.25) is 0 Å². The van der Waals surface area contributed by atoms with Crippen LogP contribution in [0.4, 0.5) is 0 Å². The van der Waals surface area contributed by atoms with E-state index in [4.69, 9.17) is 4.74 Å². The number of carbonyl (C=O) groups is 1. The second-order valence-electron chi connectivity index (χ2n) is 3.64. The molecule has 1 aliphatic heterocycles. The van der Waals surface area contributed by atoms with E-state index < -0.39 is 0 Å². The van der Waals surface area contributed by atoms with Gasteiger partial charge in [-0.1, -0.05) is 0 Å². The molecule has 0 bridgehead atoms. The van der Waals surface area contributed by atoms with Crippen molar-refractivity contribution in [1.82, 2.24) is 9.88 Å². The van der Waals surface area contributed by atoms with Crippen LogP contribution in [-0.2, 0) is 4.74 Å². The Kier molecular flexibility index (Phi) is 2.97. The molecule has 4 nitrogen and oxygen atoms in total. The Balaban J connectivity index is 2.04. The lowest BCUT2D eigenvalue weighted by molar-refractivity contribution is 0.0724. The molecule has 1 amide bonds. The van der Waals surface area contributed by atoms with Gasteiger partial charge in [-0.15, -0.1) is 0 Å². The van der Waals surface area contributed by atoms with Crippen molar-refractivity contribution in [2.24, 2.45) is 0 Å². The lowest BCUT2D eigenvalue weighted by Crippen LogP contribution is -2.29. The van der Waals surface area contributed by atoms with Crippen molar-refractivity contribution in [2.45, 2.75) is 12.5 Å². The van der Waals surface area contributed by atoms with Gasteiger partial charge in [0.15, 0.2) is 0 Å². The molecular weight excluding hydrogens is 192 g/mol. The zero-order valence-electron chi connectivity index (χ0n) is 8.72. The molecule has 0 radical (unpaired) electrons. The summed E-state index contributed by atoms with van der Waals surface area (Å²) in [6.45, 7) is 1.45. The maximum atomic E-state index is 11.9. The number of likely N-dealkylation sites (tertiary alicyclic amines) is 1. The Morgan fingerprint density at radius 2 is 2.53 bits per heavy atom. The lowest BCUT2D eigenvalue weighted by atomic mass is 10.2. The van der Waals surface area contributed by atoms with Crippen LogP contribution >= 0.6 is 0 Å². The van der Waals surface area contributed by atoms with Gasteiger partial charge in [-0.3, -0.25) is 9.78 Å². The van der Waals surface area contributed by atoms with Gasteiger partial charge < -0.3 is 9.64 Å². The highest BCUT2D eigenvalue weighted by Gasteiger charge is 2.26. The summed E-state index contributed by atoms with van der Waals surface area (Å²) in [6, 6.07) is 3.56. The predicted octanol–water partition coefficient (Wildman–Crippen LogP) is 0.943. The van der Waals surface area contributed by atoms with Gasteiger partial charge in [0.1, 0.15) is 0 Å². The van der Waals surface area contributed by atoms with Gasteiger partial charge in [0.05, 0.1) is 11.7 Å². The first-order valence-electron chi connectivity index (χ1n) is 5.03. The Hall–Kier alpha value is -1.42. The summed E-state index contributed by atoms with van der Waals surface area (Å²) in [5, 5.41) is 0. The van der Waals surface area contributed by atoms with Crippen molar-refractivity contribution in [2.75, 3.05) is 20.2 Å². The van der Waals surface area contributed by atoms with Gasteiger partial charge in [0.25, 0.3) is 5.91 Å². The van der Waals surface area contributed by atoms with Gasteiger partial charge in [-0.05, 0) is 18.6 Å². The van der Waals surface area contributed by atoms with E-state index in [1.165, 1.54) is 0 Å². The van der Waals surface area contributed by atoms with E-state index in [1.54, 1.807) is 31.6 Å². The molecule has 15 heavy (non-hydrogen) atoms. The van der Waals surface area contributed by atoms with Crippen LogP contribution in [0.3, 0.4) is 0 Å². The van der Waals surface area contributed by atoms with E-state index in [2.05, 4.69) is 4.98 Å². The van der Waals surface area contributed by atoms with Crippen molar-refractivity contribution in [1.29, 1.82) is 0 Å². The summed E-state index contributed by atoms with van der Waals surface area (Å²) in [7, 11) is 1.68. The number of methoxy groups -OCH3 is 1.